The number of ether oxygens (including phenoxy) is 1. The second-order valence-corrected chi connectivity index (χ2v) is 6.83. The molecule has 6 heteroatoms. The molecule has 2 bridgehead atoms. The molecular weight excluding hydrogens is 308 g/mol. The zero-order valence-electron chi connectivity index (χ0n) is 11.9. The van der Waals surface area contributed by atoms with Crippen LogP contribution in [0.4, 0.5) is 10.5 Å². The van der Waals surface area contributed by atoms with Gasteiger partial charge in [-0.2, -0.15) is 11.8 Å². The average Bonchev–Trinajstić information content (AvgIpc) is 3.05. The van der Waals surface area contributed by atoms with E-state index >= 15 is 0 Å². The highest BCUT2D eigenvalue weighted by Gasteiger charge is 2.41. The predicted molar refractivity (Wildman–Crippen MR) is 87.1 cm³/mol. The lowest BCUT2D eigenvalue weighted by Gasteiger charge is -2.20. The van der Waals surface area contributed by atoms with Gasteiger partial charge in [-0.1, -0.05) is 17.7 Å². The summed E-state index contributed by atoms with van der Waals surface area (Å²) in [5.74, 6) is 0.897. The normalized spacial score (nSPS) is 26.9. The summed E-state index contributed by atoms with van der Waals surface area (Å²) in [5, 5.41) is 6.40. The smallest absolute Gasteiger partial charge is 0.319 e. The van der Waals surface area contributed by atoms with Gasteiger partial charge in [0, 0.05) is 5.75 Å². The molecule has 2 amide bonds. The minimum Gasteiger partial charge on any atom is -0.373 e. The molecule has 0 radical (unpaired) electrons. The maximum atomic E-state index is 12.1. The average molecular weight is 327 g/mol. The summed E-state index contributed by atoms with van der Waals surface area (Å²) in [4.78, 5) is 12.1. The van der Waals surface area contributed by atoms with Crippen LogP contribution in [0, 0.1) is 0 Å². The summed E-state index contributed by atoms with van der Waals surface area (Å²) in [7, 11) is 0. The van der Waals surface area contributed by atoms with Crippen molar-refractivity contribution in [1.82, 2.24) is 5.32 Å². The lowest BCUT2D eigenvalue weighted by molar-refractivity contribution is 0.0984. The van der Waals surface area contributed by atoms with Gasteiger partial charge >= 0.3 is 6.03 Å². The highest BCUT2D eigenvalue weighted by Crippen LogP contribution is 2.34. The van der Waals surface area contributed by atoms with E-state index in [-0.39, 0.29) is 18.2 Å². The Balaban J connectivity index is 1.60. The fourth-order valence-electron chi connectivity index (χ4n) is 3.04. The first-order valence-corrected chi connectivity index (χ1v) is 8.93. The Labute approximate surface area is 134 Å². The van der Waals surface area contributed by atoms with E-state index in [2.05, 4.69) is 10.6 Å². The molecule has 3 rings (SSSR count). The molecule has 2 saturated heterocycles. The molecule has 2 heterocycles. The van der Waals surface area contributed by atoms with E-state index in [1.54, 1.807) is 11.8 Å². The number of anilines is 1. The van der Waals surface area contributed by atoms with Gasteiger partial charge in [0.15, 0.2) is 0 Å². The van der Waals surface area contributed by atoms with E-state index in [9.17, 15) is 4.79 Å². The Morgan fingerprint density at radius 1 is 1.48 bits per heavy atom. The van der Waals surface area contributed by atoms with E-state index in [0.29, 0.717) is 16.8 Å². The van der Waals surface area contributed by atoms with Crippen molar-refractivity contribution in [3.05, 3.63) is 28.8 Å². The quantitative estimate of drug-likeness (QED) is 0.888. The molecule has 1 aromatic carbocycles. The van der Waals surface area contributed by atoms with Crippen LogP contribution in [-0.2, 0) is 10.5 Å². The summed E-state index contributed by atoms with van der Waals surface area (Å²) in [6.45, 7) is 0. The van der Waals surface area contributed by atoms with Crippen LogP contribution in [0.3, 0.4) is 0 Å². The van der Waals surface area contributed by atoms with Crippen LogP contribution in [0.25, 0.3) is 0 Å². The summed E-state index contributed by atoms with van der Waals surface area (Å²) in [6.07, 6.45) is 5.63. The number of rotatable bonds is 4. The van der Waals surface area contributed by atoms with E-state index in [4.69, 9.17) is 16.3 Å². The second-order valence-electron chi connectivity index (χ2n) is 5.56. The number of halogens is 1. The van der Waals surface area contributed by atoms with Gasteiger partial charge in [0.25, 0.3) is 0 Å². The maximum absolute atomic E-state index is 12.1. The standard InChI is InChI=1S/C15H19ClN2O2S/c1-21-8-9-2-4-11(16)12(6-9)17-15(19)18-13-7-10-3-5-14(13)20-10/h2,4,6,10,13-14H,3,5,7-8H2,1H3,(H2,17,18,19). The zero-order chi connectivity index (χ0) is 14.8. The van der Waals surface area contributed by atoms with Crippen molar-refractivity contribution in [2.24, 2.45) is 0 Å². The van der Waals surface area contributed by atoms with Crippen molar-refractivity contribution in [3.63, 3.8) is 0 Å². The van der Waals surface area contributed by atoms with Crippen molar-refractivity contribution < 1.29 is 9.53 Å². The molecule has 0 spiro atoms. The minimum absolute atomic E-state index is 0.122. The summed E-state index contributed by atoms with van der Waals surface area (Å²) < 4.78 is 5.74. The van der Waals surface area contributed by atoms with Gasteiger partial charge in [-0.05, 0) is 43.2 Å². The number of benzene rings is 1. The first-order valence-electron chi connectivity index (χ1n) is 7.16. The molecule has 2 aliphatic heterocycles. The molecule has 3 atom stereocenters. The molecule has 0 saturated carbocycles. The van der Waals surface area contributed by atoms with Gasteiger partial charge in [-0.3, -0.25) is 0 Å². The predicted octanol–water partition coefficient (Wildman–Crippen LogP) is 3.64. The van der Waals surface area contributed by atoms with Gasteiger partial charge < -0.3 is 15.4 Å². The number of carbonyl (C=O) groups is 1. The number of carbonyl (C=O) groups excluding carboxylic acids is 1. The van der Waals surface area contributed by atoms with Crippen LogP contribution in [0.5, 0.6) is 0 Å². The van der Waals surface area contributed by atoms with Crippen molar-refractivity contribution in [2.75, 3.05) is 11.6 Å². The topological polar surface area (TPSA) is 50.4 Å². The highest BCUT2D eigenvalue weighted by atomic mass is 35.5. The van der Waals surface area contributed by atoms with Gasteiger partial charge in [0.05, 0.1) is 29.0 Å². The molecule has 3 unspecified atom stereocenters. The number of amides is 2. The number of thioether (sulfide) groups is 1. The lowest BCUT2D eigenvalue weighted by atomic mass is 9.96. The Hall–Kier alpha value is -0.910. The molecule has 0 aliphatic carbocycles. The second kappa shape index (κ2) is 6.46. The van der Waals surface area contributed by atoms with E-state index in [1.165, 1.54) is 0 Å². The third kappa shape index (κ3) is 3.47. The zero-order valence-corrected chi connectivity index (χ0v) is 13.5. The monoisotopic (exact) mass is 326 g/mol. The molecule has 114 valence electrons. The third-order valence-corrected chi connectivity index (χ3v) is 4.96. The van der Waals surface area contributed by atoms with E-state index in [1.807, 2.05) is 24.5 Å². The first-order chi connectivity index (χ1) is 10.2. The summed E-state index contributed by atoms with van der Waals surface area (Å²) in [6, 6.07) is 5.64. The van der Waals surface area contributed by atoms with Gasteiger partial charge in [-0.25, -0.2) is 4.79 Å². The van der Waals surface area contributed by atoms with Gasteiger partial charge in [0.1, 0.15) is 0 Å². The van der Waals surface area contributed by atoms with Crippen LogP contribution >= 0.6 is 23.4 Å². The Bertz CT molecular complexity index is 540. The summed E-state index contributed by atoms with van der Waals surface area (Å²) in [5.41, 5.74) is 1.80. The van der Waals surface area contributed by atoms with Crippen molar-refractivity contribution in [2.45, 2.75) is 43.3 Å². The van der Waals surface area contributed by atoms with Crippen LogP contribution < -0.4 is 10.6 Å². The summed E-state index contributed by atoms with van der Waals surface area (Å²) >= 11 is 7.88. The third-order valence-electron chi connectivity index (χ3n) is 4.01. The van der Waals surface area contributed by atoms with Gasteiger partial charge in [-0.15, -0.1) is 0 Å². The fraction of sp³-hybridized carbons (Fsp3) is 0.533. The molecule has 1 aromatic rings. The molecule has 2 fully saturated rings. The minimum atomic E-state index is -0.209. The van der Waals surface area contributed by atoms with Crippen LogP contribution in [0.1, 0.15) is 24.8 Å². The van der Waals surface area contributed by atoms with Crippen molar-refractivity contribution >= 4 is 35.1 Å². The van der Waals surface area contributed by atoms with Gasteiger partial charge in [0.2, 0.25) is 0 Å². The lowest BCUT2D eigenvalue weighted by Crippen LogP contribution is -2.43. The molecule has 2 N–H and O–H groups in total. The van der Waals surface area contributed by atoms with E-state index < -0.39 is 0 Å². The number of urea groups is 1. The van der Waals surface area contributed by atoms with E-state index in [0.717, 1.165) is 30.6 Å². The number of fused-ring (bicyclic) bond motifs is 2. The molecule has 21 heavy (non-hydrogen) atoms. The SMILES string of the molecule is CSCc1ccc(Cl)c(NC(=O)NC2CC3CCC2O3)c1. The van der Waals surface area contributed by atoms with Crippen LogP contribution in [-0.4, -0.2) is 30.5 Å². The van der Waals surface area contributed by atoms with Crippen LogP contribution in [0.15, 0.2) is 18.2 Å². The largest absolute Gasteiger partial charge is 0.373 e. The first kappa shape index (κ1) is 15.0. The Kier molecular flexibility index (Phi) is 4.62. The van der Waals surface area contributed by atoms with Crippen molar-refractivity contribution in [1.29, 1.82) is 0 Å². The Morgan fingerprint density at radius 2 is 2.33 bits per heavy atom. The van der Waals surface area contributed by atoms with Crippen LogP contribution in [0.2, 0.25) is 5.02 Å². The number of nitrogens with one attached hydrogen (secondary N) is 2. The van der Waals surface area contributed by atoms with Crippen molar-refractivity contribution in [3.8, 4) is 0 Å². The molecule has 4 nitrogen and oxygen atoms in total. The number of hydrogen-bond acceptors (Lipinski definition) is 3. The molecule has 2 aliphatic rings. The number of hydrogen-bond donors (Lipinski definition) is 2. The fourth-order valence-corrected chi connectivity index (χ4v) is 3.72. The molecular formula is C15H19ClN2O2S. The molecule has 0 aromatic heterocycles. The highest BCUT2D eigenvalue weighted by molar-refractivity contribution is 7.97. The maximum Gasteiger partial charge on any atom is 0.319 e. The Morgan fingerprint density at radius 3 is 3.00 bits per heavy atom.